The molecule has 1 fully saturated rings. The van der Waals surface area contributed by atoms with E-state index in [2.05, 4.69) is 27.5 Å². The van der Waals surface area contributed by atoms with E-state index in [4.69, 9.17) is 4.84 Å². The number of hydroxylamine groups is 1. The largest absolute Gasteiger partial charge is 0.417 e. The number of hydrogen-bond donors (Lipinski definition) is 1. The Balaban J connectivity index is 1.37. The van der Waals surface area contributed by atoms with Gasteiger partial charge in [0.15, 0.2) is 6.17 Å². The van der Waals surface area contributed by atoms with Crippen LogP contribution in [-0.4, -0.2) is 23.9 Å². The first-order valence-corrected chi connectivity index (χ1v) is 11.1. The van der Waals surface area contributed by atoms with Crippen molar-refractivity contribution in [2.45, 2.75) is 31.7 Å². The Morgan fingerprint density at radius 3 is 2.33 bits per heavy atom. The molecule has 0 bridgehead atoms. The highest BCUT2D eigenvalue weighted by atomic mass is 19.4. The number of nitrogens with one attached hydrogen (secondary N) is 1. The van der Waals surface area contributed by atoms with Crippen LogP contribution in [0.3, 0.4) is 0 Å². The molecule has 2 heterocycles. The van der Waals surface area contributed by atoms with Gasteiger partial charge in [-0.15, -0.1) is 5.48 Å². The van der Waals surface area contributed by atoms with Gasteiger partial charge in [-0.25, -0.2) is 4.99 Å². The van der Waals surface area contributed by atoms with E-state index in [1.807, 2.05) is 12.1 Å². The molecule has 3 aromatic rings. The molecule has 2 aliphatic rings. The van der Waals surface area contributed by atoms with Crippen LogP contribution < -0.4 is 5.48 Å². The van der Waals surface area contributed by atoms with Gasteiger partial charge in [0.05, 0.1) is 5.56 Å². The van der Waals surface area contributed by atoms with E-state index < -0.39 is 17.9 Å². The first kappa shape index (κ1) is 21.7. The fourth-order valence-corrected chi connectivity index (χ4v) is 4.34. The van der Waals surface area contributed by atoms with E-state index in [9.17, 15) is 13.2 Å². The number of nitrogens with zero attached hydrogens (tertiary/aromatic N) is 2. The second kappa shape index (κ2) is 9.00. The first-order chi connectivity index (χ1) is 16.0. The standard InChI is InChI=1S/C26H24F3N3O/c27-26(28,29)23-16-21(12-13-22(23)19-6-2-1-3-7-19)25-30-24(31-33-25)20-10-8-18(9-11-20)17-32-14-4-5-15-32/h1-3,6-13,16,24,31H,4-5,14-15,17H2. The quantitative estimate of drug-likeness (QED) is 0.521. The zero-order chi connectivity index (χ0) is 22.8. The lowest BCUT2D eigenvalue weighted by molar-refractivity contribution is -0.137. The summed E-state index contributed by atoms with van der Waals surface area (Å²) in [6.07, 6.45) is -2.47. The van der Waals surface area contributed by atoms with Crippen LogP contribution in [-0.2, 0) is 17.6 Å². The fourth-order valence-electron chi connectivity index (χ4n) is 4.34. The van der Waals surface area contributed by atoms with Crippen LogP contribution in [0, 0.1) is 0 Å². The lowest BCUT2D eigenvalue weighted by Crippen LogP contribution is -2.18. The highest BCUT2D eigenvalue weighted by Gasteiger charge is 2.35. The Morgan fingerprint density at radius 1 is 0.909 bits per heavy atom. The number of benzene rings is 3. The van der Waals surface area contributed by atoms with Gasteiger partial charge < -0.3 is 4.84 Å². The average Bonchev–Trinajstić information content (AvgIpc) is 3.52. The molecule has 2 aliphatic heterocycles. The molecule has 170 valence electrons. The van der Waals surface area contributed by atoms with Gasteiger partial charge in [-0.05, 0) is 60.3 Å². The summed E-state index contributed by atoms with van der Waals surface area (Å²) in [4.78, 5) is 12.4. The summed E-state index contributed by atoms with van der Waals surface area (Å²) in [6.45, 7) is 3.20. The van der Waals surface area contributed by atoms with Crippen molar-refractivity contribution in [3.05, 3.63) is 95.1 Å². The van der Waals surface area contributed by atoms with Gasteiger partial charge in [-0.1, -0.05) is 60.7 Å². The summed E-state index contributed by atoms with van der Waals surface area (Å²) in [5, 5.41) is 0. The maximum atomic E-state index is 13.8. The maximum absolute atomic E-state index is 13.8. The van der Waals surface area contributed by atoms with Crippen LogP contribution in [0.2, 0.25) is 0 Å². The predicted molar refractivity (Wildman–Crippen MR) is 121 cm³/mol. The Labute approximate surface area is 190 Å². The molecule has 1 unspecified atom stereocenters. The topological polar surface area (TPSA) is 36.9 Å². The van der Waals surface area contributed by atoms with Gasteiger partial charge >= 0.3 is 6.18 Å². The molecule has 33 heavy (non-hydrogen) atoms. The summed E-state index contributed by atoms with van der Waals surface area (Å²) in [5.74, 6) is 0.145. The highest BCUT2D eigenvalue weighted by Crippen LogP contribution is 2.38. The zero-order valence-electron chi connectivity index (χ0n) is 18.0. The van der Waals surface area contributed by atoms with Crippen molar-refractivity contribution in [2.24, 2.45) is 4.99 Å². The second-order valence-electron chi connectivity index (χ2n) is 8.41. The predicted octanol–water partition coefficient (Wildman–Crippen LogP) is 5.95. The molecule has 1 atom stereocenters. The van der Waals surface area contributed by atoms with Crippen LogP contribution in [0.15, 0.2) is 77.8 Å². The van der Waals surface area contributed by atoms with Crippen LogP contribution in [0.5, 0.6) is 0 Å². The zero-order valence-corrected chi connectivity index (χ0v) is 18.0. The van der Waals surface area contributed by atoms with Gasteiger partial charge in [0, 0.05) is 12.1 Å². The number of rotatable bonds is 5. The van der Waals surface area contributed by atoms with Crippen molar-refractivity contribution in [3.63, 3.8) is 0 Å². The van der Waals surface area contributed by atoms with Gasteiger partial charge in [-0.3, -0.25) is 4.90 Å². The van der Waals surface area contributed by atoms with Crippen molar-refractivity contribution in [2.75, 3.05) is 13.1 Å². The van der Waals surface area contributed by atoms with Crippen molar-refractivity contribution in [3.8, 4) is 11.1 Å². The lowest BCUT2D eigenvalue weighted by atomic mass is 9.97. The van der Waals surface area contributed by atoms with Crippen LogP contribution in [0.1, 0.15) is 41.3 Å². The smallest absolute Gasteiger partial charge is 0.386 e. The molecular formula is C26H24F3N3O. The van der Waals surface area contributed by atoms with Crippen LogP contribution in [0.4, 0.5) is 13.2 Å². The molecule has 1 saturated heterocycles. The Kier molecular flexibility index (Phi) is 5.91. The molecule has 0 radical (unpaired) electrons. The minimum absolute atomic E-state index is 0.128. The molecule has 1 N–H and O–H groups in total. The molecule has 0 spiro atoms. The third kappa shape index (κ3) is 4.79. The van der Waals surface area contributed by atoms with Crippen LogP contribution in [0.25, 0.3) is 11.1 Å². The van der Waals surface area contributed by atoms with E-state index in [0.717, 1.165) is 31.3 Å². The van der Waals surface area contributed by atoms with Gasteiger partial charge in [0.1, 0.15) is 0 Å². The number of aliphatic imine (C=N–C) groups is 1. The number of likely N-dealkylation sites (tertiary alicyclic amines) is 1. The van der Waals surface area contributed by atoms with Crippen molar-refractivity contribution < 1.29 is 18.0 Å². The third-order valence-corrected chi connectivity index (χ3v) is 6.07. The van der Waals surface area contributed by atoms with Crippen molar-refractivity contribution in [1.82, 2.24) is 10.4 Å². The average molecular weight is 451 g/mol. The van der Waals surface area contributed by atoms with E-state index in [-0.39, 0.29) is 17.0 Å². The summed E-state index contributed by atoms with van der Waals surface area (Å²) in [6, 6.07) is 20.8. The molecular weight excluding hydrogens is 427 g/mol. The molecule has 4 nitrogen and oxygen atoms in total. The number of alkyl halides is 3. The molecule has 0 aliphatic carbocycles. The molecule has 0 amide bonds. The molecule has 5 rings (SSSR count). The molecule has 0 aromatic heterocycles. The summed E-state index contributed by atoms with van der Waals surface area (Å²) >= 11 is 0. The Bertz CT molecular complexity index is 1140. The fraction of sp³-hybridized carbons (Fsp3) is 0.269. The normalized spacial score (nSPS) is 18.9. The minimum Gasteiger partial charge on any atom is -0.386 e. The van der Waals surface area contributed by atoms with Crippen molar-refractivity contribution in [1.29, 1.82) is 0 Å². The van der Waals surface area contributed by atoms with E-state index >= 15 is 0 Å². The van der Waals surface area contributed by atoms with Crippen molar-refractivity contribution >= 4 is 5.90 Å². The summed E-state index contributed by atoms with van der Waals surface area (Å²) < 4.78 is 41.5. The molecule has 3 aromatic carbocycles. The van der Waals surface area contributed by atoms with Gasteiger partial charge in [0.2, 0.25) is 5.90 Å². The minimum atomic E-state index is -4.50. The maximum Gasteiger partial charge on any atom is 0.417 e. The third-order valence-electron chi connectivity index (χ3n) is 6.07. The van der Waals surface area contributed by atoms with E-state index in [1.165, 1.54) is 24.5 Å². The molecule has 7 heteroatoms. The van der Waals surface area contributed by atoms with E-state index in [0.29, 0.717) is 5.56 Å². The second-order valence-corrected chi connectivity index (χ2v) is 8.41. The monoisotopic (exact) mass is 451 g/mol. The highest BCUT2D eigenvalue weighted by molar-refractivity contribution is 5.95. The van der Waals surface area contributed by atoms with E-state index in [1.54, 1.807) is 36.4 Å². The Hall–Kier alpha value is -3.16. The summed E-state index contributed by atoms with van der Waals surface area (Å²) in [7, 11) is 0. The molecule has 0 saturated carbocycles. The van der Waals surface area contributed by atoms with Gasteiger partial charge in [-0.2, -0.15) is 13.2 Å². The number of halogens is 3. The van der Waals surface area contributed by atoms with Gasteiger partial charge in [0.25, 0.3) is 0 Å². The summed E-state index contributed by atoms with van der Waals surface area (Å²) in [5.41, 5.74) is 5.15. The first-order valence-electron chi connectivity index (χ1n) is 11.1. The number of hydrogen-bond acceptors (Lipinski definition) is 4. The SMILES string of the molecule is FC(F)(F)c1cc(C2=NC(c3ccc(CN4CCCC4)cc3)NO2)ccc1-c1ccccc1. The van der Waals surface area contributed by atoms with Crippen LogP contribution >= 0.6 is 0 Å². The lowest BCUT2D eigenvalue weighted by Gasteiger charge is -2.15. The Morgan fingerprint density at radius 2 is 1.64 bits per heavy atom.